The van der Waals surface area contributed by atoms with Gasteiger partial charge >= 0.3 is 6.03 Å². The summed E-state index contributed by atoms with van der Waals surface area (Å²) in [6.45, 7) is 0. The van der Waals surface area contributed by atoms with Crippen molar-refractivity contribution < 1.29 is 14.3 Å². The molecule has 3 heterocycles. The standard InChI is InChI=1S/C27H25N5O3S/c28-16-6-8-17(9-7-16)30-25(33)24-23-22-21(14-15-29-26(22)36-24)32(27(34)31-23)18-10-12-20(13-11-18)35-19-4-2-1-3-5-19/h1-5,10-17H,6-9,28H2,(H,30,33)(H,31,34)/t16-,17-. The van der Waals surface area contributed by atoms with Gasteiger partial charge in [0.15, 0.2) is 0 Å². The minimum atomic E-state index is -0.331. The van der Waals surface area contributed by atoms with Crippen molar-refractivity contribution >= 4 is 50.6 Å². The van der Waals surface area contributed by atoms with Crippen molar-refractivity contribution in [1.82, 2.24) is 10.3 Å². The maximum atomic E-state index is 13.3. The van der Waals surface area contributed by atoms with Crippen LogP contribution >= 0.6 is 11.3 Å². The van der Waals surface area contributed by atoms with E-state index in [1.807, 2.05) is 54.6 Å². The first-order valence-electron chi connectivity index (χ1n) is 12.0. The van der Waals surface area contributed by atoms with Crippen LogP contribution in [-0.2, 0) is 0 Å². The number of nitrogens with two attached hydrogens (primary N) is 1. The number of carbonyl (C=O) groups excluding carboxylic acids is 2. The van der Waals surface area contributed by atoms with Gasteiger partial charge in [0.1, 0.15) is 21.2 Å². The van der Waals surface area contributed by atoms with Crippen LogP contribution in [0.1, 0.15) is 35.4 Å². The Hall–Kier alpha value is -3.95. The van der Waals surface area contributed by atoms with Crippen LogP contribution in [0.15, 0.2) is 66.9 Å². The molecular weight excluding hydrogens is 474 g/mol. The molecule has 2 aromatic heterocycles. The highest BCUT2D eigenvalue weighted by atomic mass is 32.1. The average Bonchev–Trinajstić information content (AvgIpc) is 3.26. The van der Waals surface area contributed by atoms with Gasteiger partial charge in [0.2, 0.25) is 0 Å². The molecule has 4 N–H and O–H groups in total. The van der Waals surface area contributed by atoms with E-state index in [-0.39, 0.29) is 24.0 Å². The monoisotopic (exact) mass is 499 g/mol. The highest BCUT2D eigenvalue weighted by Gasteiger charge is 2.33. The predicted octanol–water partition coefficient (Wildman–Crippen LogP) is 5.77. The van der Waals surface area contributed by atoms with E-state index in [4.69, 9.17) is 10.5 Å². The van der Waals surface area contributed by atoms with Crippen LogP contribution in [0, 0.1) is 0 Å². The fraction of sp³-hybridized carbons (Fsp3) is 0.222. The van der Waals surface area contributed by atoms with E-state index < -0.39 is 0 Å². The molecule has 182 valence electrons. The summed E-state index contributed by atoms with van der Waals surface area (Å²) < 4.78 is 5.88. The van der Waals surface area contributed by atoms with Crippen molar-refractivity contribution in [3.63, 3.8) is 0 Å². The largest absolute Gasteiger partial charge is 0.457 e. The van der Waals surface area contributed by atoms with E-state index in [1.165, 1.54) is 11.3 Å². The van der Waals surface area contributed by atoms with Gasteiger partial charge in [-0.3, -0.25) is 9.69 Å². The van der Waals surface area contributed by atoms with E-state index in [0.29, 0.717) is 32.5 Å². The number of nitrogens with zero attached hydrogens (tertiary/aromatic N) is 2. The second-order valence-electron chi connectivity index (χ2n) is 9.08. The van der Waals surface area contributed by atoms with Crippen LogP contribution in [0.4, 0.5) is 21.9 Å². The summed E-state index contributed by atoms with van der Waals surface area (Å²) in [6, 6.07) is 18.6. The molecule has 1 fully saturated rings. The minimum absolute atomic E-state index is 0.0922. The third-order valence-electron chi connectivity index (χ3n) is 6.63. The molecule has 1 aliphatic heterocycles. The average molecular weight is 500 g/mol. The number of pyridine rings is 1. The first-order chi connectivity index (χ1) is 17.6. The zero-order valence-electron chi connectivity index (χ0n) is 19.4. The molecule has 1 aliphatic carbocycles. The summed E-state index contributed by atoms with van der Waals surface area (Å²) in [6.07, 6.45) is 5.19. The van der Waals surface area contributed by atoms with Crippen molar-refractivity contribution in [2.24, 2.45) is 5.73 Å². The number of urea groups is 1. The molecule has 0 radical (unpaired) electrons. The highest BCUT2D eigenvalue weighted by molar-refractivity contribution is 7.21. The fourth-order valence-electron chi connectivity index (χ4n) is 4.80. The number of anilines is 3. The number of ether oxygens (including phenoxy) is 1. The summed E-state index contributed by atoms with van der Waals surface area (Å²) >= 11 is 1.29. The van der Waals surface area contributed by atoms with Crippen molar-refractivity contribution in [1.29, 1.82) is 0 Å². The molecular formula is C27H25N5O3S. The van der Waals surface area contributed by atoms with Crippen LogP contribution in [0.25, 0.3) is 10.2 Å². The van der Waals surface area contributed by atoms with Crippen LogP contribution in [0.3, 0.4) is 0 Å². The molecule has 0 bridgehead atoms. The molecule has 0 atom stereocenters. The van der Waals surface area contributed by atoms with Crippen molar-refractivity contribution in [3.05, 3.63) is 71.7 Å². The number of rotatable bonds is 5. The number of aromatic nitrogens is 1. The van der Waals surface area contributed by atoms with Crippen molar-refractivity contribution in [3.8, 4) is 11.5 Å². The number of hydrogen-bond donors (Lipinski definition) is 3. The zero-order chi connectivity index (χ0) is 24.6. The van der Waals surface area contributed by atoms with Crippen LogP contribution in [-0.4, -0.2) is 29.0 Å². The Bertz CT molecular complexity index is 1430. The van der Waals surface area contributed by atoms with Crippen molar-refractivity contribution in [2.75, 3.05) is 10.2 Å². The number of para-hydroxylation sites is 1. The van der Waals surface area contributed by atoms with Gasteiger partial charge < -0.3 is 21.1 Å². The van der Waals surface area contributed by atoms with Gasteiger partial charge in [-0.1, -0.05) is 18.2 Å². The Morgan fingerprint density at radius 2 is 1.75 bits per heavy atom. The smallest absolute Gasteiger partial charge is 0.331 e. The Kier molecular flexibility index (Phi) is 5.79. The Balaban J connectivity index is 1.29. The summed E-state index contributed by atoms with van der Waals surface area (Å²) in [5, 5.41) is 6.84. The van der Waals surface area contributed by atoms with Gasteiger partial charge in [-0.2, -0.15) is 0 Å². The summed E-state index contributed by atoms with van der Waals surface area (Å²) in [5.74, 6) is 1.22. The normalized spacial score (nSPS) is 19.1. The zero-order valence-corrected chi connectivity index (χ0v) is 20.3. The predicted molar refractivity (Wildman–Crippen MR) is 141 cm³/mol. The lowest BCUT2D eigenvalue weighted by Gasteiger charge is -2.29. The Morgan fingerprint density at radius 3 is 2.50 bits per heavy atom. The van der Waals surface area contributed by atoms with Crippen LogP contribution in [0.5, 0.6) is 11.5 Å². The molecule has 8 nitrogen and oxygen atoms in total. The number of thiophene rings is 1. The second kappa shape index (κ2) is 9.25. The molecule has 36 heavy (non-hydrogen) atoms. The number of hydrogen-bond acceptors (Lipinski definition) is 6. The van der Waals surface area contributed by atoms with Gasteiger partial charge in [-0.15, -0.1) is 11.3 Å². The molecule has 3 amide bonds. The van der Waals surface area contributed by atoms with Gasteiger partial charge in [0, 0.05) is 18.3 Å². The van der Waals surface area contributed by atoms with Crippen LogP contribution < -0.4 is 26.0 Å². The lowest BCUT2D eigenvalue weighted by molar-refractivity contribution is 0.0931. The highest BCUT2D eigenvalue weighted by Crippen LogP contribution is 2.46. The number of benzene rings is 2. The maximum Gasteiger partial charge on any atom is 0.331 e. The minimum Gasteiger partial charge on any atom is -0.457 e. The third kappa shape index (κ3) is 4.16. The van der Waals surface area contributed by atoms with Crippen LogP contribution in [0.2, 0.25) is 0 Å². The summed E-state index contributed by atoms with van der Waals surface area (Å²) in [5.41, 5.74) is 7.89. The van der Waals surface area contributed by atoms with Gasteiger partial charge in [-0.25, -0.2) is 9.78 Å². The Labute approximate surface area is 212 Å². The summed E-state index contributed by atoms with van der Waals surface area (Å²) in [4.78, 5) is 33.7. The molecule has 6 rings (SSSR count). The van der Waals surface area contributed by atoms with E-state index in [0.717, 1.165) is 36.8 Å². The van der Waals surface area contributed by atoms with Gasteiger partial charge in [-0.05, 0) is 68.1 Å². The van der Waals surface area contributed by atoms with E-state index >= 15 is 0 Å². The molecule has 4 aromatic rings. The SMILES string of the molecule is N[C@H]1CC[C@H](NC(=O)c2sc3nccc4c3c2NC(=O)N4c2ccc(Oc3ccccc3)cc2)CC1. The fourth-order valence-corrected chi connectivity index (χ4v) is 5.83. The van der Waals surface area contributed by atoms with Crippen molar-refractivity contribution in [2.45, 2.75) is 37.8 Å². The quantitative estimate of drug-likeness (QED) is 0.323. The molecule has 0 spiro atoms. The molecule has 0 unspecified atom stereocenters. The molecule has 2 aliphatic rings. The summed E-state index contributed by atoms with van der Waals surface area (Å²) in [7, 11) is 0. The lowest BCUT2D eigenvalue weighted by Crippen LogP contribution is -2.40. The van der Waals surface area contributed by atoms with Gasteiger partial charge in [0.05, 0.1) is 22.4 Å². The first-order valence-corrected chi connectivity index (χ1v) is 12.8. The number of amides is 3. The topological polar surface area (TPSA) is 110 Å². The Morgan fingerprint density at radius 1 is 1.03 bits per heavy atom. The maximum absolute atomic E-state index is 13.3. The van der Waals surface area contributed by atoms with E-state index in [9.17, 15) is 9.59 Å². The van der Waals surface area contributed by atoms with Gasteiger partial charge in [0.25, 0.3) is 5.91 Å². The number of carbonyl (C=O) groups is 2. The first kappa shape index (κ1) is 22.5. The second-order valence-corrected chi connectivity index (χ2v) is 10.1. The lowest BCUT2D eigenvalue weighted by atomic mass is 9.92. The molecule has 9 heteroatoms. The molecule has 0 saturated heterocycles. The number of nitrogens with one attached hydrogen (secondary N) is 2. The van der Waals surface area contributed by atoms with E-state index in [2.05, 4.69) is 15.6 Å². The molecule has 2 aromatic carbocycles. The third-order valence-corrected chi connectivity index (χ3v) is 7.73. The molecule has 1 saturated carbocycles. The van der Waals surface area contributed by atoms with E-state index in [1.54, 1.807) is 17.2 Å².